The predicted octanol–water partition coefficient (Wildman–Crippen LogP) is 3.55. The summed E-state index contributed by atoms with van der Waals surface area (Å²) >= 11 is 1.37. The van der Waals surface area contributed by atoms with Gasteiger partial charge in [0.15, 0.2) is 5.13 Å². The number of nitrogens with two attached hydrogens (primary N) is 1. The zero-order chi connectivity index (χ0) is 16.1. The molecule has 0 saturated heterocycles. The molecule has 1 aromatic carbocycles. The number of para-hydroxylation sites is 1. The maximum atomic E-state index is 12.0. The monoisotopic (exact) mass is 355 g/mol. The standard InChI is InChI=1S/C16H21N3O2S.ClH/c1-10(2)8-12(17)15(20)19-16-18-13(9-22-16)11-6-4-5-7-14(11)21-3;/h4-7,9-10,12H,8,17H2,1-3H3,(H,18,19,20);1H/t12-;/m0./s1. The molecule has 2 rings (SSSR count). The lowest BCUT2D eigenvalue weighted by Gasteiger charge is -2.12. The van der Waals surface area contributed by atoms with Gasteiger partial charge in [0.2, 0.25) is 5.91 Å². The van der Waals surface area contributed by atoms with Crippen LogP contribution >= 0.6 is 23.7 Å². The number of carbonyl (C=O) groups excluding carboxylic acids is 1. The number of rotatable bonds is 6. The molecule has 1 atom stereocenters. The van der Waals surface area contributed by atoms with Gasteiger partial charge in [0, 0.05) is 10.9 Å². The summed E-state index contributed by atoms with van der Waals surface area (Å²) in [6, 6.07) is 7.13. The number of halogens is 1. The van der Waals surface area contributed by atoms with Crippen molar-refractivity contribution in [2.45, 2.75) is 26.3 Å². The van der Waals surface area contributed by atoms with Gasteiger partial charge in [0.1, 0.15) is 5.75 Å². The molecule has 1 aromatic heterocycles. The number of benzene rings is 1. The van der Waals surface area contributed by atoms with Gasteiger partial charge >= 0.3 is 0 Å². The molecule has 0 aliphatic rings. The fraction of sp³-hybridized carbons (Fsp3) is 0.375. The summed E-state index contributed by atoms with van der Waals surface area (Å²) in [6.07, 6.45) is 0.649. The van der Waals surface area contributed by atoms with Gasteiger partial charge in [-0.05, 0) is 24.5 Å². The maximum Gasteiger partial charge on any atom is 0.243 e. The highest BCUT2D eigenvalue weighted by atomic mass is 35.5. The smallest absolute Gasteiger partial charge is 0.243 e. The number of carbonyl (C=O) groups is 1. The molecule has 0 aliphatic carbocycles. The van der Waals surface area contributed by atoms with E-state index in [4.69, 9.17) is 10.5 Å². The van der Waals surface area contributed by atoms with Crippen LogP contribution in [-0.4, -0.2) is 24.0 Å². The van der Waals surface area contributed by atoms with Crippen LogP contribution in [0, 0.1) is 5.92 Å². The third-order valence-corrected chi connectivity index (χ3v) is 3.94. The van der Waals surface area contributed by atoms with E-state index in [9.17, 15) is 4.79 Å². The van der Waals surface area contributed by atoms with Crippen molar-refractivity contribution in [2.24, 2.45) is 11.7 Å². The van der Waals surface area contributed by atoms with Gasteiger partial charge in [-0.2, -0.15) is 0 Å². The van der Waals surface area contributed by atoms with Crippen molar-refractivity contribution in [3.05, 3.63) is 29.6 Å². The van der Waals surface area contributed by atoms with Gasteiger partial charge in [-0.3, -0.25) is 4.79 Å². The van der Waals surface area contributed by atoms with E-state index in [1.54, 1.807) is 7.11 Å². The Kier molecular flexibility index (Phi) is 7.48. The van der Waals surface area contributed by atoms with Gasteiger partial charge in [-0.25, -0.2) is 4.98 Å². The van der Waals surface area contributed by atoms with Crippen molar-refractivity contribution < 1.29 is 9.53 Å². The average molecular weight is 356 g/mol. The Balaban J connectivity index is 0.00000264. The Morgan fingerprint density at radius 1 is 1.39 bits per heavy atom. The van der Waals surface area contributed by atoms with Gasteiger partial charge in [0.05, 0.1) is 18.8 Å². The van der Waals surface area contributed by atoms with E-state index in [-0.39, 0.29) is 18.3 Å². The van der Waals surface area contributed by atoms with Crippen molar-refractivity contribution in [1.29, 1.82) is 0 Å². The van der Waals surface area contributed by atoms with E-state index in [1.807, 2.05) is 43.5 Å². The van der Waals surface area contributed by atoms with E-state index < -0.39 is 6.04 Å². The molecular weight excluding hydrogens is 334 g/mol. The Bertz CT molecular complexity index is 646. The second-order valence-electron chi connectivity index (χ2n) is 5.46. The second-order valence-corrected chi connectivity index (χ2v) is 6.32. The Labute approximate surface area is 146 Å². The zero-order valence-corrected chi connectivity index (χ0v) is 15.0. The summed E-state index contributed by atoms with van der Waals surface area (Å²) in [5.41, 5.74) is 7.54. The Morgan fingerprint density at radius 2 is 2.09 bits per heavy atom. The predicted molar refractivity (Wildman–Crippen MR) is 97.4 cm³/mol. The molecule has 0 bridgehead atoms. The summed E-state index contributed by atoms with van der Waals surface area (Å²) in [5.74, 6) is 0.929. The van der Waals surface area contributed by atoms with Crippen LogP contribution in [0.4, 0.5) is 5.13 Å². The number of anilines is 1. The van der Waals surface area contributed by atoms with Crippen LogP contribution < -0.4 is 15.8 Å². The molecule has 3 N–H and O–H groups in total. The molecule has 0 radical (unpaired) electrons. The fourth-order valence-corrected chi connectivity index (χ4v) is 2.84. The average Bonchev–Trinajstić information content (AvgIpc) is 2.94. The third-order valence-electron chi connectivity index (χ3n) is 3.18. The summed E-state index contributed by atoms with van der Waals surface area (Å²) in [4.78, 5) is 16.5. The minimum Gasteiger partial charge on any atom is -0.496 e. The first-order chi connectivity index (χ1) is 10.5. The van der Waals surface area contributed by atoms with Crippen molar-refractivity contribution in [3.8, 4) is 17.0 Å². The number of nitrogens with one attached hydrogen (secondary N) is 1. The number of amides is 1. The van der Waals surface area contributed by atoms with Crippen LogP contribution in [0.1, 0.15) is 20.3 Å². The van der Waals surface area contributed by atoms with Crippen molar-refractivity contribution in [2.75, 3.05) is 12.4 Å². The topological polar surface area (TPSA) is 77.2 Å². The van der Waals surface area contributed by atoms with Crippen LogP contribution in [0.25, 0.3) is 11.3 Å². The Hall–Kier alpha value is -1.63. The molecular formula is C16H22ClN3O2S. The van der Waals surface area contributed by atoms with Crippen LogP contribution in [-0.2, 0) is 4.79 Å². The lowest BCUT2D eigenvalue weighted by Crippen LogP contribution is -2.36. The SMILES string of the molecule is COc1ccccc1-c1csc(NC(=O)[C@@H](N)CC(C)C)n1.Cl. The number of aromatic nitrogens is 1. The van der Waals surface area contributed by atoms with Gasteiger partial charge in [0.25, 0.3) is 0 Å². The van der Waals surface area contributed by atoms with Crippen molar-refractivity contribution in [3.63, 3.8) is 0 Å². The number of ether oxygens (including phenoxy) is 1. The van der Waals surface area contributed by atoms with Crippen molar-refractivity contribution in [1.82, 2.24) is 4.98 Å². The number of hydrogen-bond acceptors (Lipinski definition) is 5. The largest absolute Gasteiger partial charge is 0.496 e. The quantitative estimate of drug-likeness (QED) is 0.830. The van der Waals surface area contributed by atoms with E-state index in [0.717, 1.165) is 17.0 Å². The first-order valence-electron chi connectivity index (χ1n) is 7.16. The van der Waals surface area contributed by atoms with Gasteiger partial charge < -0.3 is 15.8 Å². The minimum absolute atomic E-state index is 0. The van der Waals surface area contributed by atoms with Gasteiger partial charge in [-0.1, -0.05) is 26.0 Å². The molecule has 1 heterocycles. The summed E-state index contributed by atoms with van der Waals surface area (Å²) in [5, 5.41) is 5.21. The lowest BCUT2D eigenvalue weighted by molar-refractivity contribution is -0.117. The van der Waals surface area contributed by atoms with E-state index >= 15 is 0 Å². The van der Waals surface area contributed by atoms with Gasteiger partial charge in [-0.15, -0.1) is 23.7 Å². The summed E-state index contributed by atoms with van der Waals surface area (Å²) < 4.78 is 5.33. The molecule has 0 fully saturated rings. The molecule has 0 unspecified atom stereocenters. The highest BCUT2D eigenvalue weighted by molar-refractivity contribution is 7.14. The number of nitrogens with zero attached hydrogens (tertiary/aromatic N) is 1. The molecule has 23 heavy (non-hydrogen) atoms. The van der Waals surface area contributed by atoms with Crippen LogP contribution in [0.5, 0.6) is 5.75 Å². The lowest BCUT2D eigenvalue weighted by atomic mass is 10.0. The van der Waals surface area contributed by atoms with Crippen LogP contribution in [0.15, 0.2) is 29.6 Å². The van der Waals surface area contributed by atoms with E-state index in [0.29, 0.717) is 17.5 Å². The molecule has 0 saturated carbocycles. The first kappa shape index (κ1) is 19.4. The van der Waals surface area contributed by atoms with Crippen molar-refractivity contribution >= 4 is 34.8 Å². The molecule has 2 aromatic rings. The molecule has 1 amide bonds. The number of methoxy groups -OCH3 is 1. The number of thiazole rings is 1. The first-order valence-corrected chi connectivity index (χ1v) is 8.04. The molecule has 0 spiro atoms. The van der Waals surface area contributed by atoms with E-state index in [1.165, 1.54) is 11.3 Å². The molecule has 7 heteroatoms. The fourth-order valence-electron chi connectivity index (χ4n) is 2.12. The normalized spacial score (nSPS) is 11.7. The van der Waals surface area contributed by atoms with Crippen LogP contribution in [0.3, 0.4) is 0 Å². The van der Waals surface area contributed by atoms with Crippen LogP contribution in [0.2, 0.25) is 0 Å². The Morgan fingerprint density at radius 3 is 2.74 bits per heavy atom. The summed E-state index contributed by atoms with van der Waals surface area (Å²) in [7, 11) is 1.62. The summed E-state index contributed by atoms with van der Waals surface area (Å²) in [6.45, 7) is 4.08. The third kappa shape index (κ3) is 5.20. The minimum atomic E-state index is -0.515. The molecule has 126 valence electrons. The maximum absolute atomic E-state index is 12.0. The molecule has 5 nitrogen and oxygen atoms in total. The second kappa shape index (κ2) is 8.86. The highest BCUT2D eigenvalue weighted by Crippen LogP contribution is 2.31. The highest BCUT2D eigenvalue weighted by Gasteiger charge is 2.17. The van der Waals surface area contributed by atoms with E-state index in [2.05, 4.69) is 10.3 Å². The zero-order valence-electron chi connectivity index (χ0n) is 13.4. The molecule has 0 aliphatic heterocycles. The number of hydrogen-bond donors (Lipinski definition) is 2.